The second-order valence-electron chi connectivity index (χ2n) is 8.08. The quantitative estimate of drug-likeness (QED) is 0.437. The van der Waals surface area contributed by atoms with Gasteiger partial charge >= 0.3 is 0 Å². The van der Waals surface area contributed by atoms with Crippen molar-refractivity contribution in [3.63, 3.8) is 0 Å². The van der Waals surface area contributed by atoms with Gasteiger partial charge in [-0.3, -0.25) is 18.1 Å². The maximum atomic E-state index is 11.8. The molecule has 1 unspecified atom stereocenters. The molecule has 0 saturated heterocycles. The van der Waals surface area contributed by atoms with E-state index in [9.17, 15) is 13.3 Å². The fourth-order valence-corrected chi connectivity index (χ4v) is 5.83. The van der Waals surface area contributed by atoms with Gasteiger partial charge in [0.15, 0.2) is 0 Å². The zero-order valence-electron chi connectivity index (χ0n) is 17.7. The molecule has 0 bridgehead atoms. The molecule has 31 heavy (non-hydrogen) atoms. The summed E-state index contributed by atoms with van der Waals surface area (Å²) in [6, 6.07) is 15.5. The normalized spacial score (nSPS) is 18.6. The van der Waals surface area contributed by atoms with Crippen LogP contribution in [-0.2, 0) is 16.3 Å². The highest BCUT2D eigenvalue weighted by atomic mass is 32.3. The molecule has 0 fully saturated rings. The lowest BCUT2D eigenvalue weighted by atomic mass is 10.1. The summed E-state index contributed by atoms with van der Waals surface area (Å²) in [7, 11) is -5.42. The van der Waals surface area contributed by atoms with Crippen molar-refractivity contribution in [2.24, 2.45) is 0 Å². The van der Waals surface area contributed by atoms with Crippen LogP contribution in [0.4, 0.5) is 11.5 Å². The highest BCUT2D eigenvalue weighted by Crippen LogP contribution is 2.51. The van der Waals surface area contributed by atoms with E-state index < -0.39 is 20.3 Å². The topological polar surface area (TPSA) is 110 Å². The van der Waals surface area contributed by atoms with Crippen LogP contribution in [0.15, 0.2) is 53.4 Å². The van der Waals surface area contributed by atoms with Crippen molar-refractivity contribution in [1.29, 1.82) is 4.78 Å². The first-order chi connectivity index (χ1) is 14.6. The third kappa shape index (κ3) is 4.95. The Bertz CT molecular complexity index is 1230. The van der Waals surface area contributed by atoms with Crippen LogP contribution in [0.3, 0.4) is 0 Å². The van der Waals surface area contributed by atoms with Crippen molar-refractivity contribution in [2.45, 2.75) is 18.4 Å². The van der Waals surface area contributed by atoms with Gasteiger partial charge in [0.25, 0.3) is 0 Å². The Morgan fingerprint density at radius 3 is 2.77 bits per heavy atom. The van der Waals surface area contributed by atoms with Gasteiger partial charge in [0.2, 0.25) is 0 Å². The molecule has 2 aromatic carbocycles. The van der Waals surface area contributed by atoms with Crippen LogP contribution in [0.25, 0.3) is 10.9 Å². The first-order valence-corrected chi connectivity index (χ1v) is 13.9. The van der Waals surface area contributed by atoms with E-state index in [-0.39, 0.29) is 11.5 Å². The number of rotatable bonds is 5. The number of hydrogen-bond acceptors (Lipinski definition) is 7. The minimum absolute atomic E-state index is 0.247. The minimum Gasteiger partial charge on any atom is -0.383 e. The molecule has 0 spiro atoms. The molecule has 9 heteroatoms. The third-order valence-electron chi connectivity index (χ3n) is 5.41. The van der Waals surface area contributed by atoms with Crippen LogP contribution in [0.2, 0.25) is 0 Å². The van der Waals surface area contributed by atoms with Gasteiger partial charge < -0.3 is 10.2 Å². The van der Waals surface area contributed by atoms with E-state index >= 15 is 0 Å². The average molecular weight is 461 g/mol. The Balaban J connectivity index is 1.73. The number of fused-ring (bicyclic) bond motifs is 2. The number of benzene rings is 2. The highest BCUT2D eigenvalue weighted by Gasteiger charge is 2.26. The summed E-state index contributed by atoms with van der Waals surface area (Å²) >= 11 is 0. The molecular formula is C22H28N4O3S2. The first-order valence-electron chi connectivity index (χ1n) is 10.1. The van der Waals surface area contributed by atoms with E-state index in [0.29, 0.717) is 24.5 Å². The largest absolute Gasteiger partial charge is 0.383 e. The Hall–Kier alpha value is -2.33. The second kappa shape index (κ2) is 8.31. The molecule has 1 aliphatic heterocycles. The molecule has 4 rings (SSSR count). The summed E-state index contributed by atoms with van der Waals surface area (Å²) < 4.78 is 40.7. The standard InChI is InChI=1S/C22H28N4O3S2/c1-16-7-8-19-18(13-16)20(24-9-11-30(2,23)27)14-22(25-19)26-10-12-31(28,29)21-6-4-3-5-17(21)15-26/h3-8,13-14,23,28-29H,9-12,15H2,1-2H3,(H,24,25). The molecule has 1 aromatic heterocycles. The van der Waals surface area contributed by atoms with E-state index in [1.165, 1.54) is 6.26 Å². The van der Waals surface area contributed by atoms with Crippen molar-refractivity contribution >= 4 is 42.7 Å². The van der Waals surface area contributed by atoms with Gasteiger partial charge in [0.1, 0.15) is 5.82 Å². The van der Waals surface area contributed by atoms with Gasteiger partial charge in [0.05, 0.1) is 16.2 Å². The summed E-state index contributed by atoms with van der Waals surface area (Å²) in [4.78, 5) is 7.54. The SMILES string of the molecule is Cc1ccc2nc(N3CCS(O)(O)c4ccccc4C3)cc(NCCS(C)(=N)=O)c2c1. The second-order valence-corrected chi connectivity index (χ2v) is 12.7. The Kier molecular flexibility index (Phi) is 5.87. The lowest BCUT2D eigenvalue weighted by Gasteiger charge is -2.32. The molecule has 1 atom stereocenters. The van der Waals surface area contributed by atoms with Crippen LogP contribution in [-0.4, -0.2) is 49.1 Å². The number of hydrogen-bond donors (Lipinski definition) is 4. The van der Waals surface area contributed by atoms with Gasteiger partial charge in [-0.2, -0.15) is 10.6 Å². The smallest absolute Gasteiger partial charge is 0.131 e. The number of pyridine rings is 1. The number of anilines is 2. The predicted octanol–water partition coefficient (Wildman–Crippen LogP) is 4.76. The summed E-state index contributed by atoms with van der Waals surface area (Å²) in [6.45, 7) is 3.45. The highest BCUT2D eigenvalue weighted by molar-refractivity contribution is 8.24. The number of aromatic nitrogens is 1. The van der Waals surface area contributed by atoms with Crippen molar-refractivity contribution in [3.8, 4) is 0 Å². The van der Waals surface area contributed by atoms with E-state index in [1.807, 2.05) is 43.3 Å². The van der Waals surface area contributed by atoms with Gasteiger partial charge in [-0.05, 0) is 30.7 Å². The van der Waals surface area contributed by atoms with E-state index in [0.717, 1.165) is 33.5 Å². The third-order valence-corrected chi connectivity index (χ3v) is 8.25. The van der Waals surface area contributed by atoms with Gasteiger partial charge in [-0.25, -0.2) is 4.98 Å². The number of nitrogens with one attached hydrogen (secondary N) is 2. The molecule has 7 nitrogen and oxygen atoms in total. The van der Waals surface area contributed by atoms with Crippen LogP contribution < -0.4 is 10.2 Å². The van der Waals surface area contributed by atoms with Crippen molar-refractivity contribution < 1.29 is 13.3 Å². The molecule has 0 saturated carbocycles. The zero-order chi connectivity index (χ0) is 22.2. The Morgan fingerprint density at radius 2 is 2.00 bits per heavy atom. The molecule has 0 amide bonds. The average Bonchev–Trinajstić information content (AvgIpc) is 2.83. The van der Waals surface area contributed by atoms with Crippen molar-refractivity contribution in [2.75, 3.05) is 41.1 Å². The zero-order valence-corrected chi connectivity index (χ0v) is 19.3. The van der Waals surface area contributed by atoms with Crippen LogP contribution in [0.5, 0.6) is 0 Å². The van der Waals surface area contributed by atoms with Crippen molar-refractivity contribution in [1.82, 2.24) is 4.98 Å². The molecule has 4 N–H and O–H groups in total. The molecule has 0 radical (unpaired) electrons. The summed E-state index contributed by atoms with van der Waals surface area (Å²) in [5.74, 6) is 1.25. The molecule has 0 aliphatic carbocycles. The number of nitrogens with zero attached hydrogens (tertiary/aromatic N) is 2. The molecule has 166 valence electrons. The van der Waals surface area contributed by atoms with Gasteiger partial charge in [-0.1, -0.05) is 29.8 Å². The van der Waals surface area contributed by atoms with Crippen LogP contribution >= 0.6 is 10.6 Å². The Morgan fingerprint density at radius 1 is 1.23 bits per heavy atom. The van der Waals surface area contributed by atoms with E-state index in [1.54, 1.807) is 6.07 Å². The fourth-order valence-electron chi connectivity index (χ4n) is 3.80. The van der Waals surface area contributed by atoms with Crippen LogP contribution in [0.1, 0.15) is 11.1 Å². The predicted molar refractivity (Wildman–Crippen MR) is 130 cm³/mol. The van der Waals surface area contributed by atoms with Crippen LogP contribution in [0, 0.1) is 11.7 Å². The Labute approximate surface area is 184 Å². The lowest BCUT2D eigenvalue weighted by Crippen LogP contribution is -2.26. The first kappa shape index (κ1) is 21.9. The molecule has 1 aliphatic rings. The van der Waals surface area contributed by atoms with E-state index in [4.69, 9.17) is 9.76 Å². The van der Waals surface area contributed by atoms with E-state index in [2.05, 4.69) is 16.3 Å². The maximum absolute atomic E-state index is 11.8. The maximum Gasteiger partial charge on any atom is 0.131 e. The summed E-state index contributed by atoms with van der Waals surface area (Å²) in [5.41, 5.74) is 3.71. The van der Waals surface area contributed by atoms with Gasteiger partial charge in [-0.15, -0.1) is 0 Å². The molecule has 3 aromatic rings. The molecular weight excluding hydrogens is 432 g/mol. The summed E-state index contributed by atoms with van der Waals surface area (Å²) in [6.07, 6.45) is 1.45. The lowest BCUT2D eigenvalue weighted by molar-refractivity contribution is 0.488. The number of aryl methyl sites for hydroxylation is 1. The monoisotopic (exact) mass is 460 g/mol. The molecule has 2 heterocycles. The van der Waals surface area contributed by atoms with Crippen molar-refractivity contribution in [3.05, 3.63) is 59.7 Å². The summed E-state index contributed by atoms with van der Waals surface area (Å²) in [5, 5.41) is 4.31. The van der Waals surface area contributed by atoms with Gasteiger partial charge in [0, 0.05) is 58.5 Å². The minimum atomic E-state index is -2.85. The fraction of sp³-hybridized carbons (Fsp3) is 0.318.